The normalized spacial score (nSPS) is 15.9. The van der Waals surface area contributed by atoms with Crippen LogP contribution in [0.25, 0.3) is 22.3 Å². The summed E-state index contributed by atoms with van der Waals surface area (Å²) < 4.78 is 30.3. The summed E-state index contributed by atoms with van der Waals surface area (Å²) in [4.78, 5) is 20.4. The minimum Gasteiger partial charge on any atom is -0.503 e. The van der Waals surface area contributed by atoms with Gasteiger partial charge in [0.2, 0.25) is 5.43 Å². The number of halogens is 2. The van der Waals surface area contributed by atoms with Gasteiger partial charge in [-0.3, -0.25) is 9.69 Å². The van der Waals surface area contributed by atoms with E-state index in [1.54, 1.807) is 4.68 Å². The number of pyridine rings is 1. The molecular weight excluding hydrogens is 392 g/mol. The fourth-order valence-corrected chi connectivity index (χ4v) is 3.92. The first-order chi connectivity index (χ1) is 14.4. The number of benzene rings is 1. The number of rotatable bonds is 5. The average molecular weight is 417 g/mol. The number of piperazine rings is 1. The van der Waals surface area contributed by atoms with Crippen molar-refractivity contribution in [2.75, 3.05) is 39.8 Å². The van der Waals surface area contributed by atoms with E-state index in [9.17, 15) is 18.7 Å². The first kappa shape index (κ1) is 20.5. The number of nitrogens with one attached hydrogen (secondary N) is 1. The Morgan fingerprint density at radius 1 is 1.13 bits per heavy atom. The quantitative estimate of drug-likeness (QED) is 0.666. The maximum atomic E-state index is 14.3. The largest absolute Gasteiger partial charge is 0.503 e. The molecule has 0 atom stereocenters. The van der Waals surface area contributed by atoms with Gasteiger partial charge in [0.25, 0.3) is 0 Å². The van der Waals surface area contributed by atoms with Crippen molar-refractivity contribution >= 4 is 11.0 Å². The van der Waals surface area contributed by atoms with Crippen LogP contribution in [0.4, 0.5) is 8.78 Å². The van der Waals surface area contributed by atoms with Crippen molar-refractivity contribution < 1.29 is 13.9 Å². The van der Waals surface area contributed by atoms with E-state index in [2.05, 4.69) is 26.9 Å². The third-order valence-corrected chi connectivity index (χ3v) is 5.72. The van der Waals surface area contributed by atoms with E-state index in [-0.39, 0.29) is 11.1 Å². The smallest absolute Gasteiger partial charge is 0.235 e. The molecule has 4 rings (SSSR count). The minimum atomic E-state index is -0.862. The number of fused-ring (bicyclic) bond motifs is 1. The van der Waals surface area contributed by atoms with E-state index in [1.807, 2.05) is 6.92 Å². The topological polar surface area (TPSA) is 77.4 Å². The molecule has 160 valence electrons. The van der Waals surface area contributed by atoms with Crippen LogP contribution < -0.4 is 5.43 Å². The molecule has 0 radical (unpaired) electrons. The number of aromatic amines is 1. The number of likely N-dealkylation sites (N-methyl/N-ethyl adjacent to an activating group) is 1. The van der Waals surface area contributed by atoms with E-state index in [0.717, 1.165) is 44.9 Å². The van der Waals surface area contributed by atoms with E-state index in [1.165, 1.54) is 6.07 Å². The lowest BCUT2D eigenvalue weighted by molar-refractivity contribution is 0.149. The van der Waals surface area contributed by atoms with Crippen molar-refractivity contribution in [1.29, 1.82) is 0 Å². The molecule has 2 aromatic heterocycles. The molecule has 1 saturated heterocycles. The van der Waals surface area contributed by atoms with Gasteiger partial charge in [0.05, 0.1) is 28.9 Å². The van der Waals surface area contributed by atoms with Crippen LogP contribution in [0.1, 0.15) is 12.6 Å². The number of aryl methyl sites for hydroxylation is 1. The third-order valence-electron chi connectivity index (χ3n) is 5.72. The monoisotopic (exact) mass is 417 g/mol. The van der Waals surface area contributed by atoms with Crippen molar-refractivity contribution in [2.45, 2.75) is 19.9 Å². The fraction of sp³-hybridized carbons (Fsp3) is 0.429. The Morgan fingerprint density at radius 2 is 1.80 bits per heavy atom. The predicted octanol–water partition coefficient (Wildman–Crippen LogP) is 2.19. The Hall–Kier alpha value is -2.78. The van der Waals surface area contributed by atoms with Crippen molar-refractivity contribution in [3.8, 4) is 17.0 Å². The SMILES string of the molecule is CCc1nn(CCN2CCN(C)CC2)c2[nH]c(-c3c(F)cccc3F)c(O)c(=O)c12. The molecule has 1 aromatic carbocycles. The van der Waals surface area contributed by atoms with Crippen LogP contribution in [0, 0.1) is 11.6 Å². The van der Waals surface area contributed by atoms with Gasteiger partial charge >= 0.3 is 0 Å². The van der Waals surface area contributed by atoms with Gasteiger partial charge in [-0.1, -0.05) is 13.0 Å². The van der Waals surface area contributed by atoms with Gasteiger partial charge in [-0.2, -0.15) is 5.10 Å². The van der Waals surface area contributed by atoms with Gasteiger partial charge in [0.15, 0.2) is 5.75 Å². The zero-order valence-electron chi connectivity index (χ0n) is 17.1. The predicted molar refractivity (Wildman–Crippen MR) is 111 cm³/mol. The maximum Gasteiger partial charge on any atom is 0.235 e. The fourth-order valence-electron chi connectivity index (χ4n) is 3.92. The number of hydrogen-bond acceptors (Lipinski definition) is 5. The van der Waals surface area contributed by atoms with Crippen molar-refractivity contribution in [3.05, 3.63) is 45.8 Å². The highest BCUT2D eigenvalue weighted by atomic mass is 19.1. The second-order valence-corrected chi connectivity index (χ2v) is 7.67. The molecule has 1 fully saturated rings. The third kappa shape index (κ3) is 3.59. The first-order valence-corrected chi connectivity index (χ1v) is 10.1. The Morgan fingerprint density at radius 3 is 2.43 bits per heavy atom. The molecule has 1 aliphatic heterocycles. The molecule has 3 aromatic rings. The summed E-state index contributed by atoms with van der Waals surface area (Å²) in [6.07, 6.45) is 0.494. The van der Waals surface area contributed by atoms with Gasteiger partial charge in [-0.25, -0.2) is 13.5 Å². The van der Waals surface area contributed by atoms with Crippen molar-refractivity contribution in [2.24, 2.45) is 0 Å². The van der Waals surface area contributed by atoms with Gasteiger partial charge in [-0.15, -0.1) is 0 Å². The molecule has 9 heteroatoms. The number of hydrogen-bond donors (Lipinski definition) is 2. The minimum absolute atomic E-state index is 0.258. The summed E-state index contributed by atoms with van der Waals surface area (Å²) in [7, 11) is 2.09. The number of aromatic hydroxyl groups is 1. The highest BCUT2D eigenvalue weighted by molar-refractivity contribution is 5.84. The summed E-state index contributed by atoms with van der Waals surface area (Å²) in [6, 6.07) is 3.41. The lowest BCUT2D eigenvalue weighted by atomic mass is 10.1. The van der Waals surface area contributed by atoms with Crippen LogP contribution in [-0.2, 0) is 13.0 Å². The van der Waals surface area contributed by atoms with Gasteiger partial charge in [0, 0.05) is 32.7 Å². The highest BCUT2D eigenvalue weighted by Crippen LogP contribution is 2.31. The van der Waals surface area contributed by atoms with Gasteiger partial charge < -0.3 is 15.0 Å². The molecule has 0 aliphatic carbocycles. The van der Waals surface area contributed by atoms with E-state index in [4.69, 9.17) is 0 Å². The van der Waals surface area contributed by atoms with E-state index < -0.39 is 28.4 Å². The van der Waals surface area contributed by atoms with E-state index >= 15 is 0 Å². The zero-order valence-corrected chi connectivity index (χ0v) is 17.1. The van der Waals surface area contributed by atoms with Crippen LogP contribution >= 0.6 is 0 Å². The molecule has 2 N–H and O–H groups in total. The number of nitrogens with zero attached hydrogens (tertiary/aromatic N) is 4. The second kappa shape index (κ2) is 8.16. The van der Waals surface area contributed by atoms with Gasteiger partial charge in [-0.05, 0) is 25.6 Å². The molecule has 3 heterocycles. The molecule has 1 aliphatic rings. The van der Waals surface area contributed by atoms with Crippen LogP contribution in [0.2, 0.25) is 0 Å². The van der Waals surface area contributed by atoms with Crippen molar-refractivity contribution in [1.82, 2.24) is 24.6 Å². The molecule has 0 saturated carbocycles. The second-order valence-electron chi connectivity index (χ2n) is 7.67. The molecule has 7 nitrogen and oxygen atoms in total. The summed E-state index contributed by atoms with van der Waals surface area (Å²) in [6.45, 7) is 6.98. The summed E-state index contributed by atoms with van der Waals surface area (Å²) in [5, 5.41) is 15.3. The average Bonchev–Trinajstić information content (AvgIpc) is 3.08. The standard InChI is InChI=1S/C21H25F2N5O2/c1-3-15-17-19(29)20(30)18(16-13(22)5-4-6-14(16)23)24-21(17)28(25-15)12-11-27-9-7-26(2)8-10-27/h4-6,30H,3,7-12H2,1-2H3,(H,24,29). The summed E-state index contributed by atoms with van der Waals surface area (Å²) >= 11 is 0. The zero-order chi connectivity index (χ0) is 21.4. The van der Waals surface area contributed by atoms with Crippen LogP contribution in [0.15, 0.2) is 23.0 Å². The van der Waals surface area contributed by atoms with Crippen LogP contribution in [0.3, 0.4) is 0 Å². The summed E-state index contributed by atoms with van der Waals surface area (Å²) in [5.74, 6) is -2.43. The Kier molecular flexibility index (Phi) is 5.57. The molecular formula is C21H25F2N5O2. The Labute approximate surface area is 172 Å². The highest BCUT2D eigenvalue weighted by Gasteiger charge is 2.23. The maximum absolute atomic E-state index is 14.3. The molecule has 0 unspecified atom stereocenters. The number of aromatic nitrogens is 3. The molecule has 0 bridgehead atoms. The van der Waals surface area contributed by atoms with Crippen LogP contribution in [0.5, 0.6) is 5.75 Å². The molecule has 0 spiro atoms. The lowest BCUT2D eigenvalue weighted by Crippen LogP contribution is -2.45. The number of H-pyrrole nitrogens is 1. The molecule has 30 heavy (non-hydrogen) atoms. The lowest BCUT2D eigenvalue weighted by Gasteiger charge is -2.32. The van der Waals surface area contributed by atoms with Crippen molar-refractivity contribution in [3.63, 3.8) is 0 Å². The Bertz CT molecular complexity index is 1110. The Balaban J connectivity index is 1.78. The summed E-state index contributed by atoms with van der Waals surface area (Å²) in [5.41, 5.74) is -0.503. The van der Waals surface area contributed by atoms with Gasteiger partial charge in [0.1, 0.15) is 17.3 Å². The first-order valence-electron chi connectivity index (χ1n) is 10.1. The van der Waals surface area contributed by atoms with Crippen LogP contribution in [-0.4, -0.2) is 69.4 Å². The molecule has 0 amide bonds. The van der Waals surface area contributed by atoms with E-state index in [0.29, 0.717) is 24.3 Å².